The minimum absolute atomic E-state index is 0.0805. The summed E-state index contributed by atoms with van der Waals surface area (Å²) < 4.78 is 23.7. The van der Waals surface area contributed by atoms with E-state index in [1.807, 2.05) is 11.0 Å². The molecule has 0 aliphatic carbocycles. The minimum atomic E-state index is -0.438. The molecule has 6 heterocycles. The van der Waals surface area contributed by atoms with Gasteiger partial charge in [0.15, 0.2) is 5.82 Å². The molecule has 212 valence electrons. The van der Waals surface area contributed by atoms with Crippen LogP contribution in [-0.2, 0) is 16.1 Å². The van der Waals surface area contributed by atoms with Crippen LogP contribution in [0, 0.1) is 17.1 Å². The van der Waals surface area contributed by atoms with Crippen molar-refractivity contribution in [3.63, 3.8) is 0 Å². The molecule has 0 radical (unpaired) electrons. The first-order chi connectivity index (χ1) is 20.0. The minimum Gasteiger partial charge on any atom is -0.379 e. The first kappa shape index (κ1) is 25.9. The molecular weight excluding hydrogens is 523 g/mol. The van der Waals surface area contributed by atoms with Gasteiger partial charge in [-0.3, -0.25) is 14.4 Å². The maximum Gasteiger partial charge on any atom is 0.236 e. The second kappa shape index (κ2) is 10.4. The maximum atomic E-state index is 14.8. The zero-order valence-corrected chi connectivity index (χ0v) is 23.2. The highest BCUT2D eigenvalue weighted by molar-refractivity contribution is 5.84. The van der Waals surface area contributed by atoms with Crippen molar-refractivity contribution >= 4 is 28.0 Å². The lowest BCUT2D eigenvalue weighted by Gasteiger charge is -2.34. The molecule has 0 bridgehead atoms. The molecule has 0 N–H and O–H groups in total. The van der Waals surface area contributed by atoms with E-state index in [4.69, 9.17) is 9.84 Å². The van der Waals surface area contributed by atoms with Gasteiger partial charge in [0.2, 0.25) is 5.91 Å². The Hall–Kier alpha value is -4.01. The van der Waals surface area contributed by atoms with E-state index in [-0.39, 0.29) is 11.9 Å². The molecule has 2 saturated heterocycles. The average Bonchev–Trinajstić information content (AvgIpc) is 3.58. The molecule has 0 unspecified atom stereocenters. The predicted molar refractivity (Wildman–Crippen MR) is 151 cm³/mol. The lowest BCUT2D eigenvalue weighted by atomic mass is 9.89. The molecule has 7 rings (SSSR count). The number of hydrogen-bond acceptors (Lipinski definition) is 7. The Labute approximate surface area is 237 Å². The predicted octanol–water partition coefficient (Wildman–Crippen LogP) is 3.31. The van der Waals surface area contributed by atoms with Crippen molar-refractivity contribution in [1.29, 1.82) is 5.26 Å². The van der Waals surface area contributed by atoms with E-state index in [2.05, 4.69) is 50.8 Å². The smallest absolute Gasteiger partial charge is 0.236 e. The third kappa shape index (κ3) is 4.61. The summed E-state index contributed by atoms with van der Waals surface area (Å²) >= 11 is 0. The Bertz CT molecular complexity index is 1660. The summed E-state index contributed by atoms with van der Waals surface area (Å²) in [5.74, 6) is 0.180. The van der Waals surface area contributed by atoms with Crippen LogP contribution < -0.4 is 4.90 Å². The van der Waals surface area contributed by atoms with Gasteiger partial charge < -0.3 is 14.5 Å². The van der Waals surface area contributed by atoms with Gasteiger partial charge in [0.05, 0.1) is 55.4 Å². The molecule has 1 aromatic carbocycles. The molecule has 0 spiro atoms. The van der Waals surface area contributed by atoms with E-state index in [9.17, 15) is 14.4 Å². The monoisotopic (exact) mass is 556 g/mol. The number of nitriles is 1. The number of halogens is 1. The van der Waals surface area contributed by atoms with E-state index in [1.54, 1.807) is 6.07 Å². The SMILES string of the molecule is C[C@@H]1CN(c2ccc(C#N)n3ncc(F)c23)Cc2c3ccc(C4CCN(C(=O)CN5CCOCC5)CC4)cc3nn21. The van der Waals surface area contributed by atoms with Crippen molar-refractivity contribution in [3.05, 3.63) is 59.3 Å². The summed E-state index contributed by atoms with van der Waals surface area (Å²) in [6.45, 7) is 8.47. The number of fused-ring (bicyclic) bond motifs is 4. The van der Waals surface area contributed by atoms with Gasteiger partial charge in [0.25, 0.3) is 0 Å². The topological polar surface area (TPSA) is 94.9 Å². The molecular formula is C30H33FN8O2. The van der Waals surface area contributed by atoms with Crippen molar-refractivity contribution in [1.82, 2.24) is 29.2 Å². The van der Waals surface area contributed by atoms with Gasteiger partial charge in [0, 0.05) is 38.1 Å². The Balaban J connectivity index is 1.09. The lowest BCUT2D eigenvalue weighted by molar-refractivity contribution is -0.134. The fourth-order valence-corrected chi connectivity index (χ4v) is 6.68. The van der Waals surface area contributed by atoms with Crippen LogP contribution in [0.1, 0.15) is 48.7 Å². The van der Waals surface area contributed by atoms with Crippen molar-refractivity contribution in [2.75, 3.05) is 57.4 Å². The van der Waals surface area contributed by atoms with Crippen LogP contribution in [0.15, 0.2) is 36.5 Å². The number of pyridine rings is 1. The normalized spacial score (nSPS) is 20.5. The van der Waals surface area contributed by atoms with Gasteiger partial charge in [-0.15, -0.1) is 0 Å². The molecule has 1 atom stereocenters. The third-order valence-corrected chi connectivity index (χ3v) is 8.90. The number of aromatic nitrogens is 4. The molecule has 1 amide bonds. The van der Waals surface area contributed by atoms with Crippen LogP contribution in [0.5, 0.6) is 0 Å². The van der Waals surface area contributed by atoms with E-state index in [1.165, 1.54) is 16.3 Å². The van der Waals surface area contributed by atoms with Gasteiger partial charge in [-0.1, -0.05) is 12.1 Å². The Morgan fingerprint density at radius 2 is 1.95 bits per heavy atom. The van der Waals surface area contributed by atoms with Gasteiger partial charge >= 0.3 is 0 Å². The molecule has 2 fully saturated rings. The number of anilines is 1. The number of nitrogens with zero attached hydrogens (tertiary/aromatic N) is 8. The first-order valence-corrected chi connectivity index (χ1v) is 14.4. The van der Waals surface area contributed by atoms with Gasteiger partial charge in [-0.25, -0.2) is 8.91 Å². The number of likely N-dealkylation sites (tertiary alicyclic amines) is 1. The molecule has 3 aromatic heterocycles. The van der Waals surface area contributed by atoms with Crippen LogP contribution in [0.2, 0.25) is 0 Å². The van der Waals surface area contributed by atoms with Crippen LogP contribution in [0.25, 0.3) is 16.4 Å². The summed E-state index contributed by atoms with van der Waals surface area (Å²) in [5, 5.41) is 19.6. The molecule has 3 aliphatic rings. The third-order valence-electron chi connectivity index (χ3n) is 8.90. The highest BCUT2D eigenvalue weighted by atomic mass is 19.1. The largest absolute Gasteiger partial charge is 0.379 e. The van der Waals surface area contributed by atoms with Crippen molar-refractivity contribution in [3.8, 4) is 6.07 Å². The molecule has 11 heteroatoms. The average molecular weight is 557 g/mol. The van der Waals surface area contributed by atoms with E-state index in [0.717, 1.165) is 61.3 Å². The van der Waals surface area contributed by atoms with Crippen molar-refractivity contribution in [2.45, 2.75) is 38.3 Å². The van der Waals surface area contributed by atoms with Crippen LogP contribution >= 0.6 is 0 Å². The Morgan fingerprint density at radius 1 is 1.15 bits per heavy atom. The summed E-state index contributed by atoms with van der Waals surface area (Å²) in [6, 6.07) is 12.3. The number of carbonyl (C=O) groups excluding carboxylic acids is 1. The summed E-state index contributed by atoms with van der Waals surface area (Å²) in [4.78, 5) is 19.2. The van der Waals surface area contributed by atoms with E-state index < -0.39 is 5.82 Å². The van der Waals surface area contributed by atoms with Gasteiger partial charge in [-0.05, 0) is 49.4 Å². The van der Waals surface area contributed by atoms with E-state index >= 15 is 0 Å². The molecule has 10 nitrogen and oxygen atoms in total. The Morgan fingerprint density at radius 3 is 2.73 bits per heavy atom. The second-order valence-corrected chi connectivity index (χ2v) is 11.4. The number of morpholine rings is 1. The maximum absolute atomic E-state index is 14.8. The molecule has 4 aromatic rings. The van der Waals surface area contributed by atoms with Gasteiger partial charge in [0.1, 0.15) is 17.3 Å². The standard InChI is InChI=1S/C30H33FN8O2/c1-20-17-37(27-5-3-23(15-32)39-30(27)25(31)16-33-39)18-28-24-4-2-22(14-26(24)34-38(20)28)21-6-8-36(9-7-21)29(40)19-35-10-12-41-13-11-35/h2-5,14,16,20-21H,6-13,17-19H2,1H3/t20-/m1/s1. The van der Waals surface area contributed by atoms with Crippen LogP contribution in [0.3, 0.4) is 0 Å². The summed E-state index contributed by atoms with van der Waals surface area (Å²) in [7, 11) is 0. The fraction of sp³-hybridized carbons (Fsp3) is 0.467. The number of carbonyl (C=O) groups is 1. The Kier molecular flexibility index (Phi) is 6.60. The molecule has 41 heavy (non-hydrogen) atoms. The summed E-state index contributed by atoms with van der Waals surface area (Å²) in [5.41, 5.74) is 4.68. The lowest BCUT2D eigenvalue weighted by Crippen LogP contribution is -2.46. The number of benzene rings is 1. The molecule has 0 saturated carbocycles. The zero-order valence-electron chi connectivity index (χ0n) is 23.2. The van der Waals surface area contributed by atoms with Crippen LogP contribution in [-0.4, -0.2) is 87.6 Å². The number of amides is 1. The number of hydrogen-bond donors (Lipinski definition) is 0. The number of ether oxygens (including phenoxy) is 1. The first-order valence-electron chi connectivity index (χ1n) is 14.4. The quantitative estimate of drug-likeness (QED) is 0.381. The van der Waals surface area contributed by atoms with Gasteiger partial charge in [-0.2, -0.15) is 15.5 Å². The zero-order chi connectivity index (χ0) is 28.1. The van der Waals surface area contributed by atoms with Crippen LogP contribution in [0.4, 0.5) is 10.1 Å². The fourth-order valence-electron chi connectivity index (χ4n) is 6.68. The highest BCUT2D eigenvalue weighted by Crippen LogP contribution is 2.36. The number of rotatable bonds is 4. The van der Waals surface area contributed by atoms with E-state index in [0.29, 0.717) is 50.0 Å². The van der Waals surface area contributed by atoms with Crippen molar-refractivity contribution in [2.24, 2.45) is 0 Å². The number of piperidine rings is 1. The molecule has 3 aliphatic heterocycles. The second-order valence-electron chi connectivity index (χ2n) is 11.4. The van der Waals surface area contributed by atoms with Crippen molar-refractivity contribution < 1.29 is 13.9 Å². The highest BCUT2D eigenvalue weighted by Gasteiger charge is 2.30. The summed E-state index contributed by atoms with van der Waals surface area (Å²) in [6.07, 6.45) is 3.06.